The van der Waals surface area contributed by atoms with Crippen molar-refractivity contribution in [1.29, 1.82) is 5.26 Å². The molecule has 0 aliphatic heterocycles. The largest absolute Gasteiger partial charge is 0.424 e. The van der Waals surface area contributed by atoms with Crippen molar-refractivity contribution in [2.24, 2.45) is 0 Å². The molecule has 0 aliphatic carbocycles. The van der Waals surface area contributed by atoms with Gasteiger partial charge in [0.15, 0.2) is 0 Å². The first-order valence-corrected chi connectivity index (χ1v) is 4.81. The van der Waals surface area contributed by atoms with Gasteiger partial charge in [-0.05, 0) is 18.2 Å². The number of aromatic nitrogens is 2. The lowest BCUT2D eigenvalue weighted by Gasteiger charge is -2.02. The molecular formula is C11H10N4O. The van der Waals surface area contributed by atoms with E-state index >= 15 is 0 Å². The lowest BCUT2D eigenvalue weighted by Crippen LogP contribution is -1.99. The Labute approximate surface area is 92.7 Å². The molecule has 0 spiro atoms. The van der Waals surface area contributed by atoms with Gasteiger partial charge in [0.1, 0.15) is 0 Å². The summed E-state index contributed by atoms with van der Waals surface area (Å²) in [6.45, 7) is 2.20. The highest BCUT2D eigenvalue weighted by molar-refractivity contribution is 5.48. The second-order valence-electron chi connectivity index (χ2n) is 3.26. The Kier molecular flexibility index (Phi) is 2.83. The Morgan fingerprint density at radius 3 is 3.00 bits per heavy atom. The first kappa shape index (κ1) is 10.2. The van der Waals surface area contributed by atoms with Gasteiger partial charge in [0, 0.05) is 12.6 Å². The van der Waals surface area contributed by atoms with E-state index in [1.54, 1.807) is 19.1 Å². The van der Waals surface area contributed by atoms with Crippen LogP contribution in [0.2, 0.25) is 0 Å². The third kappa shape index (κ3) is 2.36. The van der Waals surface area contributed by atoms with Gasteiger partial charge in [0.05, 0.1) is 18.2 Å². The number of nitriles is 1. The van der Waals surface area contributed by atoms with Crippen molar-refractivity contribution in [1.82, 2.24) is 10.2 Å². The summed E-state index contributed by atoms with van der Waals surface area (Å²) in [5.41, 5.74) is 1.47. The normalized spacial score (nSPS) is 9.75. The third-order valence-corrected chi connectivity index (χ3v) is 2.00. The molecule has 0 fully saturated rings. The van der Waals surface area contributed by atoms with Crippen molar-refractivity contribution < 1.29 is 4.42 Å². The van der Waals surface area contributed by atoms with E-state index in [2.05, 4.69) is 21.6 Å². The van der Waals surface area contributed by atoms with Crippen molar-refractivity contribution >= 4 is 5.69 Å². The Hall–Kier alpha value is -2.35. The minimum atomic E-state index is 0.454. The summed E-state index contributed by atoms with van der Waals surface area (Å²) < 4.78 is 5.21. The van der Waals surface area contributed by atoms with Gasteiger partial charge in [-0.25, -0.2) is 0 Å². The number of nitrogens with zero attached hydrogens (tertiary/aromatic N) is 3. The number of nitrogens with one attached hydrogen (secondary N) is 1. The van der Waals surface area contributed by atoms with E-state index in [4.69, 9.17) is 9.68 Å². The maximum Gasteiger partial charge on any atom is 0.235 e. The molecule has 1 aromatic carbocycles. The fourth-order valence-corrected chi connectivity index (χ4v) is 1.29. The Balaban J connectivity index is 2.02. The van der Waals surface area contributed by atoms with Gasteiger partial charge in [-0.1, -0.05) is 6.07 Å². The molecule has 5 nitrogen and oxygen atoms in total. The van der Waals surface area contributed by atoms with Crippen LogP contribution < -0.4 is 5.32 Å². The molecule has 2 aromatic rings. The second-order valence-corrected chi connectivity index (χ2v) is 3.26. The zero-order chi connectivity index (χ0) is 11.4. The Bertz CT molecular complexity index is 527. The number of benzene rings is 1. The van der Waals surface area contributed by atoms with Crippen LogP contribution in [-0.4, -0.2) is 10.2 Å². The summed E-state index contributed by atoms with van der Waals surface area (Å²) in [7, 11) is 0. The molecule has 80 valence electrons. The number of anilines is 1. The molecule has 5 heteroatoms. The quantitative estimate of drug-likeness (QED) is 0.844. The van der Waals surface area contributed by atoms with Gasteiger partial charge in [0.25, 0.3) is 0 Å². The zero-order valence-corrected chi connectivity index (χ0v) is 8.77. The van der Waals surface area contributed by atoms with Crippen molar-refractivity contribution in [3.8, 4) is 6.07 Å². The van der Waals surface area contributed by atoms with E-state index in [1.807, 2.05) is 12.1 Å². The van der Waals surface area contributed by atoms with E-state index in [0.29, 0.717) is 23.9 Å². The monoisotopic (exact) mass is 214 g/mol. The molecule has 0 saturated heterocycles. The number of hydrogen-bond donors (Lipinski definition) is 1. The van der Waals surface area contributed by atoms with Crippen molar-refractivity contribution in [3.63, 3.8) is 0 Å². The van der Waals surface area contributed by atoms with Gasteiger partial charge in [-0.3, -0.25) is 0 Å². The van der Waals surface area contributed by atoms with Crippen LogP contribution in [0.15, 0.2) is 28.7 Å². The molecule has 0 saturated carbocycles. The lowest BCUT2D eigenvalue weighted by molar-refractivity contribution is 0.475. The predicted molar refractivity (Wildman–Crippen MR) is 57.5 cm³/mol. The van der Waals surface area contributed by atoms with Crippen molar-refractivity contribution in [3.05, 3.63) is 41.6 Å². The SMILES string of the molecule is Cc1nnc(CNc2cccc(C#N)c2)o1. The van der Waals surface area contributed by atoms with Crippen LogP contribution in [0.3, 0.4) is 0 Å². The molecule has 2 rings (SSSR count). The van der Waals surface area contributed by atoms with E-state index in [9.17, 15) is 0 Å². The molecule has 0 bridgehead atoms. The van der Waals surface area contributed by atoms with Gasteiger partial charge in [-0.2, -0.15) is 5.26 Å². The van der Waals surface area contributed by atoms with Crippen LogP contribution in [0, 0.1) is 18.3 Å². The van der Waals surface area contributed by atoms with Crippen molar-refractivity contribution in [2.45, 2.75) is 13.5 Å². The Morgan fingerprint density at radius 1 is 1.44 bits per heavy atom. The highest BCUT2D eigenvalue weighted by Crippen LogP contribution is 2.11. The van der Waals surface area contributed by atoms with E-state index in [1.165, 1.54) is 0 Å². The number of aryl methyl sites for hydroxylation is 1. The van der Waals surface area contributed by atoms with Crippen LogP contribution >= 0.6 is 0 Å². The van der Waals surface area contributed by atoms with E-state index < -0.39 is 0 Å². The molecule has 0 aliphatic rings. The molecule has 16 heavy (non-hydrogen) atoms. The van der Waals surface area contributed by atoms with Gasteiger partial charge in [0.2, 0.25) is 11.8 Å². The molecular weight excluding hydrogens is 204 g/mol. The standard InChI is InChI=1S/C11H10N4O/c1-8-14-15-11(16-8)7-13-10-4-2-3-9(5-10)6-12/h2-5,13H,7H2,1H3. The first-order valence-electron chi connectivity index (χ1n) is 4.81. The molecule has 0 unspecified atom stereocenters. The van der Waals surface area contributed by atoms with Crippen LogP contribution in [0.5, 0.6) is 0 Å². The average Bonchev–Trinajstić information content (AvgIpc) is 2.73. The predicted octanol–water partition coefficient (Wildman–Crippen LogP) is 1.86. The van der Waals surface area contributed by atoms with Gasteiger partial charge < -0.3 is 9.73 Å². The second kappa shape index (κ2) is 4.45. The fourth-order valence-electron chi connectivity index (χ4n) is 1.29. The number of hydrogen-bond acceptors (Lipinski definition) is 5. The fraction of sp³-hybridized carbons (Fsp3) is 0.182. The summed E-state index contributed by atoms with van der Waals surface area (Å²) >= 11 is 0. The van der Waals surface area contributed by atoms with E-state index in [0.717, 1.165) is 5.69 Å². The summed E-state index contributed by atoms with van der Waals surface area (Å²) in [6.07, 6.45) is 0. The van der Waals surface area contributed by atoms with E-state index in [-0.39, 0.29) is 0 Å². The average molecular weight is 214 g/mol. The lowest BCUT2D eigenvalue weighted by atomic mass is 10.2. The number of rotatable bonds is 3. The highest BCUT2D eigenvalue weighted by atomic mass is 16.4. The minimum absolute atomic E-state index is 0.454. The van der Waals surface area contributed by atoms with Crippen LogP contribution in [-0.2, 0) is 6.54 Å². The van der Waals surface area contributed by atoms with Crippen LogP contribution in [0.1, 0.15) is 17.3 Å². The van der Waals surface area contributed by atoms with Gasteiger partial charge >= 0.3 is 0 Å². The Morgan fingerprint density at radius 2 is 2.31 bits per heavy atom. The summed E-state index contributed by atoms with van der Waals surface area (Å²) in [6, 6.07) is 9.30. The molecule has 1 heterocycles. The molecule has 1 N–H and O–H groups in total. The topological polar surface area (TPSA) is 74.7 Å². The molecule has 0 atom stereocenters. The smallest absolute Gasteiger partial charge is 0.235 e. The maximum absolute atomic E-state index is 8.73. The maximum atomic E-state index is 8.73. The van der Waals surface area contributed by atoms with Crippen LogP contribution in [0.4, 0.5) is 5.69 Å². The summed E-state index contributed by atoms with van der Waals surface area (Å²) in [5, 5.41) is 19.4. The molecule has 0 radical (unpaired) electrons. The first-order chi connectivity index (χ1) is 7.78. The van der Waals surface area contributed by atoms with Crippen molar-refractivity contribution in [2.75, 3.05) is 5.32 Å². The highest BCUT2D eigenvalue weighted by Gasteiger charge is 2.01. The summed E-state index contributed by atoms with van der Waals surface area (Å²) in [5.74, 6) is 1.07. The van der Waals surface area contributed by atoms with Gasteiger partial charge in [-0.15, -0.1) is 10.2 Å². The van der Waals surface area contributed by atoms with Crippen LogP contribution in [0.25, 0.3) is 0 Å². The zero-order valence-electron chi connectivity index (χ0n) is 8.77. The molecule has 0 amide bonds. The summed E-state index contributed by atoms with van der Waals surface area (Å²) in [4.78, 5) is 0. The molecule has 1 aromatic heterocycles. The minimum Gasteiger partial charge on any atom is -0.424 e. The third-order valence-electron chi connectivity index (χ3n) is 2.00.